The second-order valence-corrected chi connectivity index (χ2v) is 9.15. The molecule has 0 aliphatic carbocycles. The Balaban J connectivity index is 0.000000210. The van der Waals surface area contributed by atoms with Crippen molar-refractivity contribution in [3.63, 3.8) is 0 Å². The van der Waals surface area contributed by atoms with E-state index in [0.717, 1.165) is 55.2 Å². The summed E-state index contributed by atoms with van der Waals surface area (Å²) in [5.74, 6) is 0.464. The normalized spacial score (nSPS) is 10.2. The second-order valence-electron chi connectivity index (χ2n) is 9.15. The van der Waals surface area contributed by atoms with Crippen LogP contribution in [0.3, 0.4) is 0 Å². The Hall–Kier alpha value is -2.77. The van der Waals surface area contributed by atoms with E-state index in [1.807, 2.05) is 68.4 Å². The summed E-state index contributed by atoms with van der Waals surface area (Å²) in [4.78, 5) is 8.02. The van der Waals surface area contributed by atoms with E-state index in [0.29, 0.717) is 12.8 Å². The van der Waals surface area contributed by atoms with Crippen LogP contribution in [0.4, 0.5) is 11.6 Å². The zero-order chi connectivity index (χ0) is 26.5. The van der Waals surface area contributed by atoms with Crippen molar-refractivity contribution >= 4 is 33.2 Å². The van der Waals surface area contributed by atoms with Crippen molar-refractivity contribution in [3.05, 3.63) is 131 Å². The topological polar surface area (TPSA) is 125 Å². The third kappa shape index (κ3) is 7.70. The van der Waals surface area contributed by atoms with Crippen LogP contribution in [0.25, 0.3) is 33.0 Å². The van der Waals surface area contributed by atoms with Gasteiger partial charge in [-0.3, -0.25) is 20.2 Å². The van der Waals surface area contributed by atoms with Crippen LogP contribution in [0, 0.1) is 13.8 Å². The fourth-order valence-electron chi connectivity index (χ4n) is 4.29. The molecule has 40 heavy (non-hydrogen) atoms. The Morgan fingerprint density at radius 3 is 1.45 bits per heavy atom. The van der Waals surface area contributed by atoms with Crippen molar-refractivity contribution < 1.29 is 65.4 Å². The summed E-state index contributed by atoms with van der Waals surface area (Å²) in [5, 5.41) is 20.0. The second kappa shape index (κ2) is 14.7. The molecule has 0 amide bonds. The number of nitrogens with one attached hydrogen (secondary N) is 2. The molecule has 6 aromatic rings. The molecule has 0 unspecified atom stereocenters. The monoisotopic (exact) mass is 676 g/mol. The molecule has 2 N–H and O–H groups in total. The number of hydrogen-bond acceptors (Lipinski definition) is 6. The number of aromatic nitrogens is 6. The van der Waals surface area contributed by atoms with E-state index in [1.165, 1.54) is 0 Å². The van der Waals surface area contributed by atoms with Gasteiger partial charge in [-0.2, -0.15) is 0 Å². The molecule has 0 saturated heterocycles. The minimum atomic E-state index is 0. The number of pyridine rings is 2. The van der Waals surface area contributed by atoms with Crippen molar-refractivity contribution in [2.75, 3.05) is 0 Å². The third-order valence-corrected chi connectivity index (χ3v) is 6.27. The van der Waals surface area contributed by atoms with Crippen molar-refractivity contribution in [1.82, 2.24) is 30.4 Å². The molecule has 8 nitrogen and oxygen atoms in total. The maximum absolute atomic E-state index is 7.85. The van der Waals surface area contributed by atoms with Crippen LogP contribution < -0.4 is 0 Å². The molecule has 0 fully saturated rings. The van der Waals surface area contributed by atoms with E-state index in [9.17, 15) is 0 Å². The predicted molar refractivity (Wildman–Crippen MR) is 151 cm³/mol. The number of nitrogens with zero attached hydrogens (tertiary/aromatic N) is 6. The van der Waals surface area contributed by atoms with Crippen LogP contribution >= 0.6 is 0 Å². The van der Waals surface area contributed by atoms with Crippen LogP contribution in [0.5, 0.6) is 0 Å². The van der Waals surface area contributed by atoms with Gasteiger partial charge in [-0.25, -0.2) is 0 Å². The average Bonchev–Trinajstić information content (AvgIpc) is 2.93. The van der Waals surface area contributed by atoms with E-state index in [4.69, 9.17) is 11.5 Å². The quantitative estimate of drug-likeness (QED) is 0.194. The molecule has 0 aliphatic heterocycles. The van der Waals surface area contributed by atoms with Gasteiger partial charge in [0.15, 0.2) is 0 Å². The minimum absolute atomic E-state index is 0. The molecule has 6 rings (SSSR count). The summed E-state index contributed by atoms with van der Waals surface area (Å²) < 4.78 is 0. The van der Waals surface area contributed by atoms with Crippen LogP contribution in [0.2, 0.25) is 0 Å². The summed E-state index contributed by atoms with van der Waals surface area (Å²) >= 11 is 0. The largest absolute Gasteiger partial charge is 0.480 e. The Morgan fingerprint density at radius 1 is 0.500 bits per heavy atom. The van der Waals surface area contributed by atoms with Crippen LogP contribution in [-0.2, 0) is 78.3 Å². The maximum atomic E-state index is 7.85. The van der Waals surface area contributed by atoms with E-state index < -0.39 is 0 Å². The van der Waals surface area contributed by atoms with Gasteiger partial charge in [0.25, 0.3) is 0 Å². The Morgan fingerprint density at radius 2 is 0.925 bits per heavy atom. The first-order valence-electron chi connectivity index (χ1n) is 12.2. The molecule has 4 aromatic heterocycles. The SMILES string of the molecule is Cc1ccc2c(Cc3ccncc3)nnc([NH-])c2c1.Cc1ccc2c([NH-])nnc(Cc3ccncc3)c2c1.[Y].[Y]. The molecule has 0 spiro atoms. The summed E-state index contributed by atoms with van der Waals surface area (Å²) in [7, 11) is 0. The molecule has 0 atom stereocenters. The molecule has 2 radical (unpaired) electrons. The van der Waals surface area contributed by atoms with Gasteiger partial charge in [0.1, 0.15) is 0 Å². The fourth-order valence-corrected chi connectivity index (χ4v) is 4.29. The molecular formula is C30H26N8Y2-2. The summed E-state index contributed by atoms with van der Waals surface area (Å²) in [6.07, 6.45) is 8.50. The minimum Gasteiger partial charge on any atom is -0.480 e. The summed E-state index contributed by atoms with van der Waals surface area (Å²) in [6, 6.07) is 19.9. The number of aryl methyl sites for hydroxylation is 2. The number of hydrogen-bond donors (Lipinski definition) is 0. The van der Waals surface area contributed by atoms with Gasteiger partial charge in [0.05, 0.1) is 11.4 Å². The van der Waals surface area contributed by atoms with Crippen LogP contribution in [0.15, 0.2) is 85.5 Å². The molecule has 0 saturated carbocycles. The Bertz CT molecular complexity index is 1710. The number of fused-ring (bicyclic) bond motifs is 2. The number of benzene rings is 2. The van der Waals surface area contributed by atoms with E-state index in [-0.39, 0.29) is 77.1 Å². The summed E-state index contributed by atoms with van der Waals surface area (Å²) in [6.45, 7) is 4.06. The first kappa shape index (κ1) is 31.8. The maximum Gasteiger partial charge on any atom is 0.0517 e. The van der Waals surface area contributed by atoms with E-state index in [2.05, 4.69) is 36.4 Å². The van der Waals surface area contributed by atoms with Crippen molar-refractivity contribution in [3.8, 4) is 0 Å². The van der Waals surface area contributed by atoms with Crippen LogP contribution in [-0.4, -0.2) is 30.4 Å². The zero-order valence-corrected chi connectivity index (χ0v) is 28.0. The first-order chi connectivity index (χ1) is 18.5. The van der Waals surface area contributed by atoms with Gasteiger partial charge in [-0.15, -0.1) is 0 Å². The van der Waals surface area contributed by atoms with Crippen molar-refractivity contribution in [1.29, 1.82) is 0 Å². The van der Waals surface area contributed by atoms with Gasteiger partial charge in [-0.05, 0) is 77.7 Å². The smallest absolute Gasteiger partial charge is 0.0517 e. The number of rotatable bonds is 4. The van der Waals surface area contributed by atoms with Gasteiger partial charge < -0.3 is 21.7 Å². The molecule has 0 aliphatic rings. The van der Waals surface area contributed by atoms with Crippen LogP contribution in [0.1, 0.15) is 33.6 Å². The van der Waals surface area contributed by atoms with E-state index in [1.54, 1.807) is 24.8 Å². The molecule has 194 valence electrons. The average molecular weight is 676 g/mol. The summed E-state index contributed by atoms with van der Waals surface area (Å²) in [5.41, 5.74) is 22.1. The molecule has 10 heteroatoms. The zero-order valence-electron chi connectivity index (χ0n) is 22.3. The van der Waals surface area contributed by atoms with Gasteiger partial charge in [0, 0.05) is 114 Å². The predicted octanol–water partition coefficient (Wildman–Crippen LogP) is 7.21. The fraction of sp³-hybridized carbons (Fsp3) is 0.133. The van der Waals surface area contributed by atoms with Crippen molar-refractivity contribution in [2.24, 2.45) is 0 Å². The Labute approximate surface area is 283 Å². The van der Waals surface area contributed by atoms with Gasteiger partial charge >= 0.3 is 0 Å². The molecule has 4 heterocycles. The Kier molecular flexibility index (Phi) is 11.7. The van der Waals surface area contributed by atoms with Crippen molar-refractivity contribution in [2.45, 2.75) is 26.7 Å². The van der Waals surface area contributed by atoms with Gasteiger partial charge in [-0.1, -0.05) is 41.5 Å². The molecule has 2 aromatic carbocycles. The standard InChI is InChI=1S/2C15H13N4.2Y/c1-10-2-3-12-13(8-10)14(18-19-15(12)16)9-11-4-6-17-7-5-11;1-10-2-3-12-13(8-10)15(16)19-18-14(12)9-11-4-6-17-7-5-11;;/h2*2-8H,9H2,1H3,(H-,16,19);;/q2*-1;;. The first-order valence-corrected chi connectivity index (χ1v) is 12.2. The third-order valence-electron chi connectivity index (χ3n) is 6.27. The molecule has 0 bridgehead atoms. The molecular weight excluding hydrogens is 650 g/mol. The van der Waals surface area contributed by atoms with Gasteiger partial charge in [0.2, 0.25) is 0 Å². The van der Waals surface area contributed by atoms with E-state index >= 15 is 0 Å².